The monoisotopic (exact) mass is 609 g/mol. The lowest BCUT2D eigenvalue weighted by Gasteiger charge is -2.48. The molecule has 4 aliphatic rings. The first-order chi connectivity index (χ1) is 22.1. The summed E-state index contributed by atoms with van der Waals surface area (Å²) in [7, 11) is 0. The Labute approximate surface area is 271 Å². The minimum Gasteiger partial charge on any atom is -0.455 e. The molecule has 45 heavy (non-hydrogen) atoms. The van der Waals surface area contributed by atoms with E-state index in [1.54, 1.807) is 0 Å². The lowest BCUT2D eigenvalue weighted by molar-refractivity contribution is 0.661. The van der Waals surface area contributed by atoms with Crippen LogP contribution in [0.25, 0.3) is 21.9 Å². The third kappa shape index (κ3) is 3.03. The minimum absolute atomic E-state index is 0.133. The second-order valence-corrected chi connectivity index (χ2v) is 15.1. The zero-order chi connectivity index (χ0) is 29.7. The molecule has 2 nitrogen and oxygen atoms in total. The number of fused-ring (bicyclic) bond motifs is 14. The van der Waals surface area contributed by atoms with Gasteiger partial charge >= 0.3 is 0 Å². The maximum Gasteiger partial charge on any atom is 0.249 e. The maximum absolute atomic E-state index is 6.69. The van der Waals surface area contributed by atoms with Gasteiger partial charge in [-0.05, 0) is 72.5 Å². The van der Waals surface area contributed by atoms with Crippen molar-refractivity contribution in [2.45, 2.75) is 40.4 Å². The second-order valence-electron chi connectivity index (χ2n) is 13.0. The highest BCUT2D eigenvalue weighted by Gasteiger charge is 2.50. The number of furan rings is 1. The Hall–Kier alpha value is -4.25. The third-order valence-corrected chi connectivity index (χ3v) is 13.1. The first-order valence-corrected chi connectivity index (χ1v) is 17.3. The quantitative estimate of drug-likeness (QED) is 0.181. The zero-order valence-corrected chi connectivity index (χ0v) is 26.7. The molecule has 0 unspecified atom stereocenters. The normalized spacial score (nSPS) is 14.7. The van der Waals surface area contributed by atoms with Gasteiger partial charge in [-0.3, -0.25) is 0 Å². The first kappa shape index (κ1) is 25.0. The Morgan fingerprint density at radius 1 is 0.578 bits per heavy atom. The second kappa shape index (κ2) is 8.51. The summed E-state index contributed by atoms with van der Waals surface area (Å²) in [5.41, 5.74) is 18.5. The van der Waals surface area contributed by atoms with Crippen LogP contribution in [0, 0.1) is 20.8 Å². The molecule has 0 saturated heterocycles. The predicted octanol–water partition coefficient (Wildman–Crippen LogP) is 6.57. The van der Waals surface area contributed by atoms with Crippen LogP contribution in [0.2, 0.25) is 0 Å². The summed E-state index contributed by atoms with van der Waals surface area (Å²) in [6.07, 6.45) is 0. The highest BCUT2D eigenvalue weighted by atomic mass is 32.2. The lowest BCUT2D eigenvalue weighted by Crippen LogP contribution is -2.67. The zero-order valence-electron chi connectivity index (χ0n) is 25.1. The van der Waals surface area contributed by atoms with E-state index >= 15 is 0 Å². The molecular formula is C39H25B2NOS2. The first-order valence-electron chi connectivity index (χ1n) is 15.7. The summed E-state index contributed by atoms with van der Waals surface area (Å²) in [5, 5.41) is 2.39. The van der Waals surface area contributed by atoms with Gasteiger partial charge in [0.2, 0.25) is 13.4 Å². The predicted molar refractivity (Wildman–Crippen MR) is 193 cm³/mol. The van der Waals surface area contributed by atoms with Crippen LogP contribution in [0.1, 0.15) is 16.7 Å². The molecule has 0 atom stereocenters. The fourth-order valence-corrected chi connectivity index (χ4v) is 11.2. The molecule has 0 spiro atoms. The van der Waals surface area contributed by atoms with Crippen molar-refractivity contribution in [1.82, 2.24) is 0 Å². The summed E-state index contributed by atoms with van der Waals surface area (Å²) in [6.45, 7) is 7.17. The molecule has 0 saturated carbocycles. The lowest BCUT2D eigenvalue weighted by atomic mass is 9.30. The molecule has 5 heterocycles. The van der Waals surface area contributed by atoms with Gasteiger partial charge < -0.3 is 9.32 Å². The van der Waals surface area contributed by atoms with Crippen molar-refractivity contribution in [3.63, 3.8) is 0 Å². The van der Waals surface area contributed by atoms with Gasteiger partial charge in [-0.2, -0.15) is 0 Å². The topological polar surface area (TPSA) is 16.4 Å². The highest BCUT2D eigenvalue weighted by Crippen LogP contribution is 2.50. The molecule has 210 valence electrons. The number of para-hydroxylation sites is 1. The van der Waals surface area contributed by atoms with Gasteiger partial charge in [0.1, 0.15) is 11.2 Å². The van der Waals surface area contributed by atoms with Gasteiger partial charge in [0.15, 0.2) is 0 Å². The summed E-state index contributed by atoms with van der Waals surface area (Å²) >= 11 is 3.90. The van der Waals surface area contributed by atoms with Crippen LogP contribution in [0.3, 0.4) is 0 Å². The Morgan fingerprint density at radius 3 is 2.02 bits per heavy atom. The van der Waals surface area contributed by atoms with Crippen molar-refractivity contribution in [1.29, 1.82) is 0 Å². The number of hydrogen-bond donors (Lipinski definition) is 0. The van der Waals surface area contributed by atoms with Gasteiger partial charge in [-0.25, -0.2) is 0 Å². The van der Waals surface area contributed by atoms with Crippen molar-refractivity contribution < 1.29 is 4.42 Å². The fourth-order valence-electron chi connectivity index (χ4n) is 8.59. The van der Waals surface area contributed by atoms with E-state index in [1.807, 2.05) is 23.5 Å². The smallest absolute Gasteiger partial charge is 0.249 e. The van der Waals surface area contributed by atoms with Crippen LogP contribution in [0.4, 0.5) is 17.1 Å². The van der Waals surface area contributed by atoms with E-state index in [-0.39, 0.29) is 13.4 Å². The van der Waals surface area contributed by atoms with E-state index in [2.05, 4.69) is 123 Å². The molecule has 0 N–H and O–H groups in total. The van der Waals surface area contributed by atoms with Crippen molar-refractivity contribution in [2.75, 3.05) is 4.90 Å². The van der Waals surface area contributed by atoms with Crippen LogP contribution in [-0.2, 0) is 0 Å². The van der Waals surface area contributed by atoms with E-state index in [0.717, 1.165) is 11.2 Å². The Bertz CT molecular complexity index is 2520. The molecule has 0 fully saturated rings. The van der Waals surface area contributed by atoms with E-state index < -0.39 is 0 Å². The fraction of sp³-hybridized carbons (Fsp3) is 0.0769. The average Bonchev–Trinajstić information content (AvgIpc) is 3.45. The van der Waals surface area contributed by atoms with Crippen LogP contribution < -0.4 is 37.7 Å². The maximum atomic E-state index is 6.69. The van der Waals surface area contributed by atoms with Crippen molar-refractivity contribution in [2.24, 2.45) is 0 Å². The van der Waals surface area contributed by atoms with Gasteiger partial charge in [0.05, 0.1) is 4.90 Å². The van der Waals surface area contributed by atoms with Crippen LogP contribution in [-0.4, -0.2) is 13.4 Å². The van der Waals surface area contributed by atoms with Gasteiger partial charge in [-0.15, -0.1) is 0 Å². The summed E-state index contributed by atoms with van der Waals surface area (Å²) in [6, 6.07) is 36.4. The molecule has 1 aromatic heterocycles. The Balaban J connectivity index is 1.31. The molecule has 11 rings (SSSR count). The van der Waals surface area contributed by atoms with Crippen molar-refractivity contribution in [3.8, 4) is 0 Å². The third-order valence-electron chi connectivity index (χ3n) is 10.4. The molecule has 0 aliphatic carbocycles. The summed E-state index contributed by atoms with van der Waals surface area (Å²) < 4.78 is 6.69. The number of hydrogen-bond acceptors (Lipinski definition) is 4. The standard InChI is InChI=1S/C39H25B2NOS2/c1-20-12-16-29-27(18-20)40-25-9-5-7-11-32(25)44-37-22(3)38-34-35(33(37)40)42(29)30-17-13-21(2)19-28(30)41(34)26-15-14-24-23-8-4-6-10-31(23)43-36(24)39(26)45-38/h4-19H,1-3H3. The number of benzene rings is 6. The molecule has 4 aliphatic heterocycles. The molecule has 6 heteroatoms. The molecule has 0 amide bonds. The highest BCUT2D eigenvalue weighted by molar-refractivity contribution is 8.01. The Morgan fingerprint density at radius 2 is 1.24 bits per heavy atom. The SMILES string of the molecule is Cc1ccc2c(c1)B1c3ccccc3Sc3c(C)c4c5c(c31)N2c1ccc(C)cc1B5c1ccc2c(oc3ccccc32)c1S4. The van der Waals surface area contributed by atoms with Crippen molar-refractivity contribution in [3.05, 3.63) is 114 Å². The molecular weight excluding hydrogens is 584 g/mol. The summed E-state index contributed by atoms with van der Waals surface area (Å²) in [4.78, 5) is 8.07. The van der Waals surface area contributed by atoms with E-state index in [4.69, 9.17) is 4.42 Å². The van der Waals surface area contributed by atoms with Crippen LogP contribution in [0.5, 0.6) is 0 Å². The van der Waals surface area contributed by atoms with E-state index in [9.17, 15) is 0 Å². The number of anilines is 3. The van der Waals surface area contributed by atoms with Gasteiger partial charge in [-0.1, -0.05) is 118 Å². The number of nitrogens with zero attached hydrogens (tertiary/aromatic N) is 1. The van der Waals surface area contributed by atoms with E-state index in [0.29, 0.717) is 0 Å². The van der Waals surface area contributed by atoms with E-state index in [1.165, 1.54) is 96.9 Å². The molecule has 7 aromatic rings. The summed E-state index contributed by atoms with van der Waals surface area (Å²) in [5.74, 6) is 0. The van der Waals surface area contributed by atoms with Gasteiger partial charge in [0.25, 0.3) is 0 Å². The number of rotatable bonds is 0. The van der Waals surface area contributed by atoms with Crippen LogP contribution in [0.15, 0.2) is 121 Å². The van der Waals surface area contributed by atoms with Gasteiger partial charge in [0, 0.05) is 42.5 Å². The largest absolute Gasteiger partial charge is 0.455 e. The number of aryl methyl sites for hydroxylation is 2. The van der Waals surface area contributed by atoms with Crippen LogP contribution >= 0.6 is 23.5 Å². The average molecular weight is 609 g/mol. The molecule has 0 radical (unpaired) electrons. The molecule has 6 aromatic carbocycles. The van der Waals surface area contributed by atoms with Crippen molar-refractivity contribution >= 4 is 109 Å². The molecule has 0 bridgehead atoms. The minimum atomic E-state index is 0.133. The Kier molecular flexibility index (Phi) is 4.73.